The van der Waals surface area contributed by atoms with Crippen LogP contribution in [-0.4, -0.2) is 34.6 Å². The molecule has 2 aromatic heterocycles. The third-order valence-electron chi connectivity index (χ3n) is 4.11. The molecular formula is C14H18BrN3. The molecule has 1 aliphatic rings. The summed E-state index contributed by atoms with van der Waals surface area (Å²) in [4.78, 5) is 6.90. The number of likely N-dealkylation sites (N-methyl/N-ethyl adjacent to an activating group) is 1. The predicted octanol–water partition coefficient (Wildman–Crippen LogP) is 2.75. The first-order chi connectivity index (χ1) is 8.58. The molecule has 3 nitrogen and oxygen atoms in total. The van der Waals surface area contributed by atoms with Crippen molar-refractivity contribution < 1.29 is 0 Å². The van der Waals surface area contributed by atoms with Crippen LogP contribution in [0.2, 0.25) is 0 Å². The molecule has 0 bridgehead atoms. The first kappa shape index (κ1) is 12.2. The monoisotopic (exact) mass is 307 g/mol. The Morgan fingerprint density at radius 1 is 1.44 bits per heavy atom. The van der Waals surface area contributed by atoms with E-state index in [2.05, 4.69) is 57.6 Å². The molecule has 0 spiro atoms. The minimum absolute atomic E-state index is 0.655. The van der Waals surface area contributed by atoms with Gasteiger partial charge in [-0.3, -0.25) is 0 Å². The van der Waals surface area contributed by atoms with Gasteiger partial charge in [-0.2, -0.15) is 0 Å². The smallest absolute Gasteiger partial charge is 0.140 e. The Hall–Kier alpha value is -0.870. The standard InChI is InChI=1S/C14H18BrN3/c1-17(2)10-4-5-13-11(7-10)12-6-9(15)8-16-14(12)18(13)3/h6,8,10H,4-5,7H2,1-3H3. The van der Waals surface area contributed by atoms with Crippen LogP contribution in [0.25, 0.3) is 11.0 Å². The molecule has 0 aliphatic heterocycles. The summed E-state index contributed by atoms with van der Waals surface area (Å²) in [6, 6.07) is 2.86. The van der Waals surface area contributed by atoms with Crippen molar-refractivity contribution in [3.63, 3.8) is 0 Å². The van der Waals surface area contributed by atoms with E-state index in [1.807, 2.05) is 6.20 Å². The molecule has 0 amide bonds. The van der Waals surface area contributed by atoms with E-state index in [4.69, 9.17) is 0 Å². The molecule has 1 atom stereocenters. The van der Waals surface area contributed by atoms with Crippen molar-refractivity contribution in [2.45, 2.75) is 25.3 Å². The Balaban J connectivity index is 2.18. The molecule has 0 fully saturated rings. The Bertz CT molecular complexity index is 601. The fourth-order valence-electron chi connectivity index (χ4n) is 3.04. The van der Waals surface area contributed by atoms with Gasteiger partial charge in [-0.1, -0.05) is 0 Å². The van der Waals surface area contributed by atoms with Crippen LogP contribution >= 0.6 is 15.9 Å². The van der Waals surface area contributed by atoms with Crippen molar-refractivity contribution in [1.29, 1.82) is 0 Å². The van der Waals surface area contributed by atoms with Crippen LogP contribution in [0.15, 0.2) is 16.7 Å². The van der Waals surface area contributed by atoms with Crippen LogP contribution in [-0.2, 0) is 19.9 Å². The van der Waals surface area contributed by atoms with Gasteiger partial charge in [0.2, 0.25) is 0 Å². The van der Waals surface area contributed by atoms with Crippen LogP contribution in [0.3, 0.4) is 0 Å². The van der Waals surface area contributed by atoms with E-state index in [9.17, 15) is 0 Å². The highest BCUT2D eigenvalue weighted by Crippen LogP contribution is 2.32. The van der Waals surface area contributed by atoms with Gasteiger partial charge in [-0.15, -0.1) is 0 Å². The second-order valence-electron chi connectivity index (χ2n) is 5.37. The molecular weight excluding hydrogens is 290 g/mol. The van der Waals surface area contributed by atoms with Crippen LogP contribution in [0, 0.1) is 0 Å². The third-order valence-corrected chi connectivity index (χ3v) is 4.55. The molecule has 0 saturated heterocycles. The van der Waals surface area contributed by atoms with Crippen LogP contribution < -0.4 is 0 Å². The summed E-state index contributed by atoms with van der Waals surface area (Å²) in [7, 11) is 6.49. The molecule has 3 rings (SSSR count). The Kier molecular flexibility index (Phi) is 2.94. The van der Waals surface area contributed by atoms with Crippen molar-refractivity contribution in [2.24, 2.45) is 7.05 Å². The summed E-state index contributed by atoms with van der Waals surface area (Å²) in [5.41, 5.74) is 4.07. The summed E-state index contributed by atoms with van der Waals surface area (Å²) in [5, 5.41) is 1.31. The van der Waals surface area contributed by atoms with Gasteiger partial charge in [0.25, 0.3) is 0 Å². The average Bonchev–Trinajstić information content (AvgIpc) is 2.62. The van der Waals surface area contributed by atoms with Crippen molar-refractivity contribution in [1.82, 2.24) is 14.5 Å². The van der Waals surface area contributed by atoms with E-state index in [0.29, 0.717) is 6.04 Å². The molecule has 0 aromatic carbocycles. The first-order valence-electron chi connectivity index (χ1n) is 6.36. The zero-order valence-corrected chi connectivity index (χ0v) is 12.7. The van der Waals surface area contributed by atoms with Gasteiger partial charge in [-0.05, 0) is 60.9 Å². The Labute approximate surface area is 116 Å². The van der Waals surface area contributed by atoms with Crippen molar-refractivity contribution >= 4 is 27.0 Å². The lowest BCUT2D eigenvalue weighted by atomic mass is 9.91. The highest BCUT2D eigenvalue weighted by molar-refractivity contribution is 9.10. The quantitative estimate of drug-likeness (QED) is 0.808. The second kappa shape index (κ2) is 4.35. The maximum absolute atomic E-state index is 4.56. The number of nitrogens with zero attached hydrogens (tertiary/aromatic N) is 3. The molecule has 4 heteroatoms. The van der Waals surface area contributed by atoms with Crippen LogP contribution in [0.4, 0.5) is 0 Å². The van der Waals surface area contributed by atoms with E-state index in [1.165, 1.54) is 23.1 Å². The number of aryl methyl sites for hydroxylation is 1. The van der Waals surface area contributed by atoms with E-state index in [0.717, 1.165) is 23.0 Å². The maximum atomic E-state index is 4.56. The summed E-state index contributed by atoms with van der Waals surface area (Å²) in [6.07, 6.45) is 5.42. The number of rotatable bonds is 1. The number of hydrogen-bond acceptors (Lipinski definition) is 2. The fourth-order valence-corrected chi connectivity index (χ4v) is 3.37. The zero-order chi connectivity index (χ0) is 12.9. The SMILES string of the molecule is CN(C)C1CCc2c(c3cc(Br)cnc3n2C)C1. The van der Waals surface area contributed by atoms with Gasteiger partial charge < -0.3 is 9.47 Å². The lowest BCUT2D eigenvalue weighted by Crippen LogP contribution is -2.33. The van der Waals surface area contributed by atoms with Gasteiger partial charge in [-0.25, -0.2) is 4.98 Å². The first-order valence-corrected chi connectivity index (χ1v) is 7.15. The third kappa shape index (κ3) is 1.79. The maximum Gasteiger partial charge on any atom is 0.140 e. The zero-order valence-electron chi connectivity index (χ0n) is 11.1. The average molecular weight is 308 g/mol. The molecule has 0 radical (unpaired) electrons. The van der Waals surface area contributed by atoms with E-state index in [-0.39, 0.29) is 0 Å². The highest BCUT2D eigenvalue weighted by Gasteiger charge is 2.25. The normalized spacial score (nSPS) is 19.5. The molecule has 1 aliphatic carbocycles. The molecule has 2 aromatic rings. The van der Waals surface area contributed by atoms with E-state index < -0.39 is 0 Å². The lowest BCUT2D eigenvalue weighted by Gasteiger charge is -2.28. The molecule has 0 N–H and O–H groups in total. The summed E-state index contributed by atoms with van der Waals surface area (Å²) < 4.78 is 3.33. The van der Waals surface area contributed by atoms with E-state index in [1.54, 1.807) is 0 Å². The van der Waals surface area contributed by atoms with Crippen molar-refractivity contribution in [3.8, 4) is 0 Å². The number of aromatic nitrogens is 2. The van der Waals surface area contributed by atoms with E-state index >= 15 is 0 Å². The molecule has 18 heavy (non-hydrogen) atoms. The Morgan fingerprint density at radius 2 is 2.22 bits per heavy atom. The van der Waals surface area contributed by atoms with Crippen molar-refractivity contribution in [2.75, 3.05) is 14.1 Å². The van der Waals surface area contributed by atoms with Crippen LogP contribution in [0.1, 0.15) is 17.7 Å². The molecule has 2 heterocycles. The fraction of sp³-hybridized carbons (Fsp3) is 0.500. The number of hydrogen-bond donors (Lipinski definition) is 0. The van der Waals surface area contributed by atoms with Gasteiger partial charge >= 0.3 is 0 Å². The summed E-state index contributed by atoms with van der Waals surface area (Å²) >= 11 is 3.53. The van der Waals surface area contributed by atoms with Gasteiger partial charge in [0, 0.05) is 34.8 Å². The molecule has 0 saturated carbocycles. The number of fused-ring (bicyclic) bond motifs is 3. The van der Waals surface area contributed by atoms with Gasteiger partial charge in [0.15, 0.2) is 0 Å². The lowest BCUT2D eigenvalue weighted by molar-refractivity contribution is 0.267. The van der Waals surface area contributed by atoms with Gasteiger partial charge in [0.1, 0.15) is 5.65 Å². The minimum Gasteiger partial charge on any atom is -0.332 e. The van der Waals surface area contributed by atoms with Crippen molar-refractivity contribution in [3.05, 3.63) is 28.0 Å². The topological polar surface area (TPSA) is 21.1 Å². The largest absolute Gasteiger partial charge is 0.332 e. The second-order valence-corrected chi connectivity index (χ2v) is 6.28. The number of halogens is 1. The Morgan fingerprint density at radius 3 is 2.94 bits per heavy atom. The number of pyridine rings is 1. The summed E-state index contributed by atoms with van der Waals surface area (Å²) in [6.45, 7) is 0. The summed E-state index contributed by atoms with van der Waals surface area (Å²) in [5.74, 6) is 0. The molecule has 1 unspecified atom stereocenters. The van der Waals surface area contributed by atoms with Gasteiger partial charge in [0.05, 0.1) is 0 Å². The van der Waals surface area contributed by atoms with Crippen LogP contribution in [0.5, 0.6) is 0 Å². The predicted molar refractivity (Wildman–Crippen MR) is 77.9 cm³/mol. The minimum atomic E-state index is 0.655. The highest BCUT2D eigenvalue weighted by atomic mass is 79.9. The molecule has 96 valence electrons.